The topological polar surface area (TPSA) is 29.5 Å². The Bertz CT molecular complexity index is 466. The van der Waals surface area contributed by atoms with Gasteiger partial charge in [-0.25, -0.2) is 0 Å². The largest absolute Gasteiger partial charge is 0.457 e. The van der Waals surface area contributed by atoms with Gasteiger partial charge in [0.2, 0.25) is 0 Å². The van der Waals surface area contributed by atoms with Crippen LogP contribution in [-0.2, 0) is 0 Å². The Hall–Kier alpha value is -1.74. The third-order valence-electron chi connectivity index (χ3n) is 2.25. The Kier molecular flexibility index (Phi) is 3.27. The molecular formula is C13H12BO2. The van der Waals surface area contributed by atoms with E-state index in [4.69, 9.17) is 9.76 Å². The van der Waals surface area contributed by atoms with Crippen molar-refractivity contribution in [3.63, 3.8) is 0 Å². The molecule has 1 N–H and O–H groups in total. The molecule has 0 aliphatic carbocycles. The molecule has 2 nitrogen and oxygen atoms in total. The van der Waals surface area contributed by atoms with Crippen LogP contribution in [0.1, 0.15) is 5.56 Å². The number of ether oxygens (including phenoxy) is 1. The molecule has 0 fully saturated rings. The van der Waals surface area contributed by atoms with Crippen molar-refractivity contribution in [3.8, 4) is 11.5 Å². The van der Waals surface area contributed by atoms with Gasteiger partial charge >= 0.3 is 7.48 Å². The first-order valence-corrected chi connectivity index (χ1v) is 5.10. The summed E-state index contributed by atoms with van der Waals surface area (Å²) in [7, 11) is 1.07. The minimum Gasteiger partial charge on any atom is -0.457 e. The highest BCUT2D eigenvalue weighted by atomic mass is 16.5. The molecule has 0 aromatic heterocycles. The molecule has 0 aliphatic rings. The van der Waals surface area contributed by atoms with Gasteiger partial charge in [0, 0.05) is 0 Å². The molecule has 0 aliphatic heterocycles. The molecule has 79 valence electrons. The second-order valence-corrected chi connectivity index (χ2v) is 3.62. The minimum atomic E-state index is 0.760. The Balaban J connectivity index is 2.14. The maximum Gasteiger partial charge on any atom is 0.326 e. The zero-order valence-corrected chi connectivity index (χ0v) is 9.05. The van der Waals surface area contributed by atoms with E-state index in [1.165, 1.54) is 0 Å². The fraction of sp³-hybridized carbons (Fsp3) is 0.0769. The second kappa shape index (κ2) is 4.86. The molecule has 2 aromatic carbocycles. The van der Waals surface area contributed by atoms with E-state index in [-0.39, 0.29) is 0 Å². The predicted octanol–water partition coefficient (Wildman–Crippen LogP) is 2.02. The fourth-order valence-electron chi connectivity index (χ4n) is 1.44. The molecule has 3 heteroatoms. The second-order valence-electron chi connectivity index (χ2n) is 3.62. The van der Waals surface area contributed by atoms with E-state index in [9.17, 15) is 0 Å². The Morgan fingerprint density at radius 2 is 1.75 bits per heavy atom. The maximum absolute atomic E-state index is 8.79. The number of hydrogen-bond donors (Lipinski definition) is 1. The monoisotopic (exact) mass is 211 g/mol. The lowest BCUT2D eigenvalue weighted by Gasteiger charge is -2.06. The Morgan fingerprint density at radius 1 is 1.00 bits per heavy atom. The van der Waals surface area contributed by atoms with Crippen LogP contribution >= 0.6 is 0 Å². The normalized spacial score (nSPS) is 9.88. The molecule has 0 unspecified atom stereocenters. The van der Waals surface area contributed by atoms with Crippen molar-refractivity contribution in [2.75, 3.05) is 0 Å². The highest BCUT2D eigenvalue weighted by Gasteiger charge is 1.98. The SMILES string of the molecule is Cc1cccc(Oc2ccc([B]O)cc2)c1. The third-order valence-corrected chi connectivity index (χ3v) is 2.25. The van der Waals surface area contributed by atoms with Crippen LogP contribution in [0.3, 0.4) is 0 Å². The summed E-state index contributed by atoms with van der Waals surface area (Å²) < 4.78 is 5.66. The van der Waals surface area contributed by atoms with Gasteiger partial charge < -0.3 is 9.76 Å². The first-order valence-electron chi connectivity index (χ1n) is 5.10. The van der Waals surface area contributed by atoms with Crippen LogP contribution in [0.2, 0.25) is 0 Å². The van der Waals surface area contributed by atoms with Crippen molar-refractivity contribution in [2.45, 2.75) is 6.92 Å². The summed E-state index contributed by atoms with van der Waals surface area (Å²) >= 11 is 0. The number of aryl methyl sites for hydroxylation is 1. The van der Waals surface area contributed by atoms with Gasteiger partial charge in [-0.05, 0) is 36.8 Å². The standard InChI is InChI=1S/C13H12BO2/c1-10-3-2-4-13(9-10)16-12-7-5-11(14-15)6-8-12/h2-9,15H,1H3. The molecule has 0 heterocycles. The number of hydrogen-bond acceptors (Lipinski definition) is 2. The smallest absolute Gasteiger partial charge is 0.326 e. The van der Waals surface area contributed by atoms with E-state index < -0.39 is 0 Å². The van der Waals surface area contributed by atoms with Gasteiger partial charge in [-0.2, -0.15) is 0 Å². The lowest BCUT2D eigenvalue weighted by atomic mass is 9.89. The highest BCUT2D eigenvalue weighted by molar-refractivity contribution is 6.45. The van der Waals surface area contributed by atoms with E-state index in [1.807, 2.05) is 43.3 Å². The first kappa shape index (κ1) is 10.8. The molecule has 2 rings (SSSR count). The van der Waals surface area contributed by atoms with Crippen LogP contribution < -0.4 is 10.2 Å². The summed E-state index contributed by atoms with van der Waals surface area (Å²) in [5, 5.41) is 8.79. The lowest BCUT2D eigenvalue weighted by Crippen LogP contribution is -2.11. The molecular weight excluding hydrogens is 199 g/mol. The van der Waals surface area contributed by atoms with Crippen LogP contribution in [0.5, 0.6) is 11.5 Å². The number of rotatable bonds is 3. The summed E-state index contributed by atoms with van der Waals surface area (Å²) in [6, 6.07) is 15.1. The molecule has 0 bridgehead atoms. The quantitative estimate of drug-likeness (QED) is 0.787. The average Bonchev–Trinajstić information content (AvgIpc) is 2.30. The predicted molar refractivity (Wildman–Crippen MR) is 65.3 cm³/mol. The summed E-state index contributed by atoms with van der Waals surface area (Å²) in [4.78, 5) is 0. The molecule has 2 aromatic rings. The van der Waals surface area contributed by atoms with Gasteiger partial charge in [-0.15, -0.1) is 0 Å². The van der Waals surface area contributed by atoms with E-state index in [2.05, 4.69) is 0 Å². The van der Waals surface area contributed by atoms with Gasteiger partial charge in [0.1, 0.15) is 11.5 Å². The summed E-state index contributed by atoms with van der Waals surface area (Å²) in [5.41, 5.74) is 1.93. The van der Waals surface area contributed by atoms with Crippen molar-refractivity contribution in [1.29, 1.82) is 0 Å². The molecule has 1 radical (unpaired) electrons. The summed E-state index contributed by atoms with van der Waals surface area (Å²) in [6.45, 7) is 2.02. The van der Waals surface area contributed by atoms with Crippen LogP contribution in [0, 0.1) is 6.92 Å². The maximum atomic E-state index is 8.79. The van der Waals surface area contributed by atoms with Crippen molar-refractivity contribution < 1.29 is 9.76 Å². The van der Waals surface area contributed by atoms with Gasteiger partial charge in [0.25, 0.3) is 0 Å². The van der Waals surface area contributed by atoms with Gasteiger partial charge in [-0.3, -0.25) is 0 Å². The van der Waals surface area contributed by atoms with E-state index in [0.29, 0.717) is 0 Å². The minimum absolute atomic E-state index is 0.760. The lowest BCUT2D eigenvalue weighted by molar-refractivity contribution is 0.482. The van der Waals surface area contributed by atoms with Gasteiger partial charge in [0.15, 0.2) is 0 Å². The van der Waals surface area contributed by atoms with Crippen molar-refractivity contribution in [3.05, 3.63) is 54.1 Å². The molecule has 0 spiro atoms. The molecule has 0 saturated heterocycles. The third kappa shape index (κ3) is 2.64. The van der Waals surface area contributed by atoms with Crippen molar-refractivity contribution in [2.24, 2.45) is 0 Å². The Morgan fingerprint density at radius 3 is 2.38 bits per heavy atom. The van der Waals surface area contributed by atoms with Crippen LogP contribution in [0.15, 0.2) is 48.5 Å². The summed E-state index contributed by atoms with van der Waals surface area (Å²) in [6.07, 6.45) is 0. The average molecular weight is 211 g/mol. The fourth-order valence-corrected chi connectivity index (χ4v) is 1.44. The van der Waals surface area contributed by atoms with Gasteiger partial charge in [-0.1, -0.05) is 29.7 Å². The Labute approximate surface area is 95.8 Å². The van der Waals surface area contributed by atoms with E-state index >= 15 is 0 Å². The molecule has 0 amide bonds. The molecule has 0 saturated carbocycles. The molecule has 0 atom stereocenters. The molecule has 16 heavy (non-hydrogen) atoms. The van der Waals surface area contributed by atoms with Gasteiger partial charge in [0.05, 0.1) is 0 Å². The zero-order valence-electron chi connectivity index (χ0n) is 9.05. The highest BCUT2D eigenvalue weighted by Crippen LogP contribution is 2.20. The van der Waals surface area contributed by atoms with E-state index in [1.54, 1.807) is 12.1 Å². The van der Waals surface area contributed by atoms with Crippen LogP contribution in [-0.4, -0.2) is 12.5 Å². The van der Waals surface area contributed by atoms with Crippen molar-refractivity contribution in [1.82, 2.24) is 0 Å². The summed E-state index contributed by atoms with van der Waals surface area (Å²) in [5.74, 6) is 1.58. The van der Waals surface area contributed by atoms with Crippen LogP contribution in [0.4, 0.5) is 0 Å². The van der Waals surface area contributed by atoms with Crippen molar-refractivity contribution >= 4 is 12.9 Å². The van der Waals surface area contributed by atoms with Crippen LogP contribution in [0.25, 0.3) is 0 Å². The van der Waals surface area contributed by atoms with E-state index in [0.717, 1.165) is 30.0 Å². The first-order chi connectivity index (χ1) is 7.78. The number of benzene rings is 2. The zero-order chi connectivity index (χ0) is 11.4.